The predicted molar refractivity (Wildman–Crippen MR) is 218 cm³/mol. The largest absolute Gasteiger partial charge is 0.483 e. The number of sulfonamides is 1. The van der Waals surface area contributed by atoms with Crippen molar-refractivity contribution in [1.29, 1.82) is 0 Å². The zero-order valence-corrected chi connectivity index (χ0v) is 34.5. The summed E-state index contributed by atoms with van der Waals surface area (Å²) in [5.74, 6) is -0.591. The van der Waals surface area contributed by atoms with Crippen molar-refractivity contribution in [1.82, 2.24) is 40.1 Å². The van der Waals surface area contributed by atoms with Crippen LogP contribution in [0.2, 0.25) is 0 Å². The van der Waals surface area contributed by atoms with Gasteiger partial charge in [-0.25, -0.2) is 18.3 Å². The number of ether oxygens (including phenoxy) is 1. The zero-order valence-electron chi connectivity index (χ0n) is 33.7. The fourth-order valence-electron chi connectivity index (χ4n) is 7.15. The summed E-state index contributed by atoms with van der Waals surface area (Å²) in [5.41, 5.74) is 8.83. The number of primary amides is 1. The van der Waals surface area contributed by atoms with E-state index in [0.717, 1.165) is 11.1 Å². The maximum Gasteiger partial charge on any atom is 0.407 e. The Bertz CT molecular complexity index is 2130. The van der Waals surface area contributed by atoms with Crippen LogP contribution in [0.25, 0.3) is 22.5 Å². The number of hydrogen-bond donors (Lipinski definition) is 4. The normalized spacial score (nSPS) is 18.1. The number of rotatable bonds is 12. The standard InChI is InChI=1S/C39H50N10O6S.CH2O2/c1-39(2,3)55-38(52)42-23-27-7-11-30(12-8-27)37(51)49(32-15-13-29(14-16-32)36-43-45-46-44-36)34(35(40)50)21-26-5-9-28(10-6-26)31-22-33(25-41-24-31)56(53,54)48-19-17-47(4)18-20-48;2-1-3/h5-6,9-10,13-16,22,24-25,27,30,34H,7-8,11-12,17-21,23H2,1-4H3,(H2,40,50)(H,42,52)(H,43,44,45,46);1H,(H,2,3)/t27-,30-,34-;/m0./s1. The first-order valence-corrected chi connectivity index (χ1v) is 20.8. The van der Waals surface area contributed by atoms with Crippen LogP contribution in [-0.4, -0.2) is 124 Å². The number of carbonyl (C=O) groups is 4. The van der Waals surface area contributed by atoms with E-state index in [-0.39, 0.29) is 35.5 Å². The molecular weight excluding hydrogens is 781 g/mol. The number of hydrogen-bond acceptors (Lipinski definition) is 12. The van der Waals surface area contributed by atoms with Crippen LogP contribution >= 0.6 is 0 Å². The lowest BCUT2D eigenvalue weighted by atomic mass is 9.81. The van der Waals surface area contributed by atoms with Gasteiger partial charge in [-0.1, -0.05) is 24.3 Å². The summed E-state index contributed by atoms with van der Waals surface area (Å²) >= 11 is 0. The van der Waals surface area contributed by atoms with Crippen molar-refractivity contribution in [3.05, 3.63) is 72.6 Å². The molecule has 1 atom stereocenters. The average molecular weight is 833 g/mol. The number of likely N-dealkylation sites (N-methyl/N-ethyl adjacent to an activating group) is 1. The lowest BCUT2D eigenvalue weighted by Gasteiger charge is -2.36. The summed E-state index contributed by atoms with van der Waals surface area (Å²) in [7, 11) is -1.74. The predicted octanol–water partition coefficient (Wildman–Crippen LogP) is 3.33. The van der Waals surface area contributed by atoms with Crippen LogP contribution < -0.4 is 16.0 Å². The fourth-order valence-corrected chi connectivity index (χ4v) is 8.56. The minimum Gasteiger partial charge on any atom is -0.483 e. The summed E-state index contributed by atoms with van der Waals surface area (Å²) in [6, 6.07) is 15.0. The Kier molecular flexibility index (Phi) is 14.9. The minimum atomic E-state index is -3.71. The van der Waals surface area contributed by atoms with Gasteiger partial charge in [0.15, 0.2) is 5.82 Å². The van der Waals surface area contributed by atoms with Crippen molar-refractivity contribution < 1.29 is 37.4 Å². The van der Waals surface area contributed by atoms with Gasteiger partial charge in [-0.3, -0.25) is 24.3 Å². The maximum absolute atomic E-state index is 14.5. The summed E-state index contributed by atoms with van der Waals surface area (Å²) in [5, 5.41) is 23.7. The molecule has 6 rings (SSSR count). The molecule has 5 N–H and O–H groups in total. The Hall–Kier alpha value is -5.79. The number of anilines is 1. The SMILES string of the molecule is CN1CCN(S(=O)(=O)c2cncc(-c3ccc(C[C@@H](C(N)=O)N(c4ccc(-c5nnn[nH]5)cc4)C(=O)[C@H]4CC[C@H](CNC(=O)OC(C)(C)C)CC4)cc3)c2)CC1.O=CO. The Labute approximate surface area is 343 Å². The topological polar surface area (TPSA) is 247 Å². The van der Waals surface area contributed by atoms with Gasteiger partial charge in [0.05, 0.1) is 0 Å². The Balaban J connectivity index is 0.00000214. The molecule has 316 valence electrons. The van der Waals surface area contributed by atoms with Gasteiger partial charge in [-0.2, -0.15) is 4.31 Å². The lowest BCUT2D eigenvalue weighted by molar-refractivity contribution is -0.127. The van der Waals surface area contributed by atoms with E-state index in [4.69, 9.17) is 20.4 Å². The van der Waals surface area contributed by atoms with Crippen LogP contribution in [-0.2, 0) is 35.6 Å². The number of nitrogens with one attached hydrogen (secondary N) is 2. The van der Waals surface area contributed by atoms with E-state index < -0.39 is 33.7 Å². The summed E-state index contributed by atoms with van der Waals surface area (Å²) in [6.45, 7) is 7.77. The molecule has 1 aliphatic heterocycles. The third kappa shape index (κ3) is 11.9. The van der Waals surface area contributed by atoms with Crippen molar-refractivity contribution in [2.45, 2.75) is 69.4 Å². The highest BCUT2D eigenvalue weighted by molar-refractivity contribution is 7.89. The first-order valence-electron chi connectivity index (χ1n) is 19.3. The van der Waals surface area contributed by atoms with Crippen LogP contribution in [0.1, 0.15) is 52.0 Å². The number of alkyl carbamates (subject to hydrolysis) is 1. The number of piperazine rings is 1. The molecule has 3 heterocycles. The van der Waals surface area contributed by atoms with Crippen molar-refractivity contribution in [2.75, 3.05) is 44.7 Å². The number of pyridine rings is 1. The van der Waals surface area contributed by atoms with Crippen molar-refractivity contribution >= 4 is 40.1 Å². The number of amides is 3. The van der Waals surface area contributed by atoms with Crippen LogP contribution in [0.15, 0.2) is 71.9 Å². The second-order valence-corrected chi connectivity index (χ2v) is 17.6. The molecule has 19 heteroatoms. The molecular formula is C40H52N10O8S. The van der Waals surface area contributed by atoms with Gasteiger partial charge in [-0.15, -0.1) is 5.10 Å². The van der Waals surface area contributed by atoms with E-state index in [2.05, 4.69) is 35.8 Å². The average Bonchev–Trinajstić information content (AvgIpc) is 3.76. The number of tetrazole rings is 1. The molecule has 2 aliphatic rings. The first-order chi connectivity index (χ1) is 28.1. The van der Waals surface area contributed by atoms with Gasteiger partial charge in [0.2, 0.25) is 21.8 Å². The monoisotopic (exact) mass is 832 g/mol. The van der Waals surface area contributed by atoms with Crippen LogP contribution in [0.4, 0.5) is 10.5 Å². The quantitative estimate of drug-likeness (QED) is 0.150. The zero-order chi connectivity index (χ0) is 42.7. The second kappa shape index (κ2) is 19.8. The van der Waals surface area contributed by atoms with Crippen LogP contribution in [0, 0.1) is 11.8 Å². The van der Waals surface area contributed by atoms with Crippen molar-refractivity contribution in [3.8, 4) is 22.5 Å². The smallest absolute Gasteiger partial charge is 0.407 e. The first kappa shape index (κ1) is 44.3. The van der Waals surface area contributed by atoms with Gasteiger partial charge in [0.25, 0.3) is 6.47 Å². The molecule has 0 radical (unpaired) electrons. The number of nitrogens with two attached hydrogens (primary N) is 1. The number of aromatic amines is 1. The Morgan fingerprint density at radius 1 is 0.983 bits per heavy atom. The minimum absolute atomic E-state index is 0.130. The van der Waals surface area contributed by atoms with E-state index in [0.29, 0.717) is 81.0 Å². The van der Waals surface area contributed by atoms with Gasteiger partial charge >= 0.3 is 6.09 Å². The molecule has 18 nitrogen and oxygen atoms in total. The number of aromatic nitrogens is 5. The molecule has 4 aromatic rings. The molecule has 2 aromatic heterocycles. The van der Waals surface area contributed by atoms with Gasteiger partial charge in [0, 0.05) is 74.3 Å². The Morgan fingerprint density at radius 2 is 1.61 bits per heavy atom. The number of carboxylic acid groups (broad SMARTS) is 1. The third-order valence-electron chi connectivity index (χ3n) is 10.3. The fraction of sp³-hybridized carbons (Fsp3) is 0.450. The molecule has 0 bridgehead atoms. The van der Waals surface area contributed by atoms with E-state index in [1.807, 2.05) is 52.1 Å². The summed E-state index contributed by atoms with van der Waals surface area (Å²) in [6.07, 6.45) is 5.25. The summed E-state index contributed by atoms with van der Waals surface area (Å²) in [4.78, 5) is 56.4. The highest BCUT2D eigenvalue weighted by Crippen LogP contribution is 2.34. The molecule has 0 unspecified atom stereocenters. The maximum atomic E-state index is 14.5. The van der Waals surface area contributed by atoms with Gasteiger partial charge < -0.3 is 25.8 Å². The van der Waals surface area contributed by atoms with Crippen molar-refractivity contribution in [2.24, 2.45) is 17.6 Å². The van der Waals surface area contributed by atoms with Crippen LogP contribution in [0.3, 0.4) is 0 Å². The van der Waals surface area contributed by atoms with Crippen molar-refractivity contribution in [3.63, 3.8) is 0 Å². The Morgan fingerprint density at radius 3 is 2.19 bits per heavy atom. The summed E-state index contributed by atoms with van der Waals surface area (Å²) < 4.78 is 33.7. The van der Waals surface area contributed by atoms with Gasteiger partial charge in [0.1, 0.15) is 16.5 Å². The van der Waals surface area contributed by atoms with Gasteiger partial charge in [-0.05, 0) is 111 Å². The van der Waals surface area contributed by atoms with E-state index in [9.17, 15) is 22.8 Å². The van der Waals surface area contributed by atoms with E-state index in [1.165, 1.54) is 15.4 Å². The number of carbonyl (C=O) groups excluding carboxylic acids is 3. The molecule has 1 aliphatic carbocycles. The third-order valence-corrected chi connectivity index (χ3v) is 12.2. The second-order valence-electron chi connectivity index (χ2n) is 15.6. The van der Waals surface area contributed by atoms with E-state index >= 15 is 0 Å². The highest BCUT2D eigenvalue weighted by Gasteiger charge is 2.36. The molecule has 2 fully saturated rings. The molecule has 1 saturated heterocycles. The highest BCUT2D eigenvalue weighted by atomic mass is 32.2. The molecule has 2 aromatic carbocycles. The number of H-pyrrole nitrogens is 1. The lowest BCUT2D eigenvalue weighted by Crippen LogP contribution is -2.52. The number of benzene rings is 2. The molecule has 3 amide bonds. The molecule has 1 saturated carbocycles. The van der Waals surface area contributed by atoms with Crippen LogP contribution in [0.5, 0.6) is 0 Å². The van der Waals surface area contributed by atoms with E-state index in [1.54, 1.807) is 36.5 Å². The molecule has 0 spiro atoms. The number of nitrogens with zero attached hydrogens (tertiary/aromatic N) is 7. The molecule has 59 heavy (non-hydrogen) atoms.